The van der Waals surface area contributed by atoms with E-state index in [1.165, 1.54) is 81.1 Å². The summed E-state index contributed by atoms with van der Waals surface area (Å²) < 4.78 is 4.82. The van der Waals surface area contributed by atoms with Crippen molar-refractivity contribution in [2.45, 2.75) is 16.1 Å². The van der Waals surface area contributed by atoms with Crippen molar-refractivity contribution in [2.75, 3.05) is 0 Å². The van der Waals surface area contributed by atoms with Crippen LogP contribution < -0.4 is 0 Å². The van der Waals surface area contributed by atoms with Gasteiger partial charge < -0.3 is 4.57 Å². The Hall–Kier alpha value is -5.10. The van der Waals surface area contributed by atoms with E-state index in [1.54, 1.807) is 11.3 Å². The molecule has 0 radical (unpaired) electrons. The smallest absolute Gasteiger partial charge is 0.195 e. The van der Waals surface area contributed by atoms with Crippen LogP contribution in [0, 0.1) is 0 Å². The highest BCUT2D eigenvalue weighted by atomic mass is 32.2. The third-order valence-corrected chi connectivity index (χ3v) is 12.2. The first kappa shape index (κ1) is 25.1. The van der Waals surface area contributed by atoms with Crippen molar-refractivity contribution in [3.63, 3.8) is 0 Å². The number of fused-ring (bicyclic) bond motifs is 12. The molecular weight excluding hydrogens is 599 g/mol. The van der Waals surface area contributed by atoms with Crippen molar-refractivity contribution < 1.29 is 0 Å². The Labute approximate surface area is 273 Å². The summed E-state index contributed by atoms with van der Waals surface area (Å²) in [5, 5.41) is 9.00. The Kier molecular flexibility index (Phi) is 5.04. The molecular formula is C41H25N3S2. The van der Waals surface area contributed by atoms with Crippen LogP contribution in [0.15, 0.2) is 138 Å². The second-order valence-corrected chi connectivity index (χ2v) is 14.6. The summed E-state index contributed by atoms with van der Waals surface area (Å²) in [6.07, 6.45) is 4.68. The summed E-state index contributed by atoms with van der Waals surface area (Å²) >= 11 is 3.77. The van der Waals surface area contributed by atoms with Crippen molar-refractivity contribution in [1.82, 2.24) is 14.1 Å². The van der Waals surface area contributed by atoms with Crippen molar-refractivity contribution in [2.24, 2.45) is 0 Å². The van der Waals surface area contributed by atoms with Crippen LogP contribution in [0.3, 0.4) is 0 Å². The minimum Gasteiger partial charge on any atom is -0.309 e. The summed E-state index contributed by atoms with van der Waals surface area (Å²) in [4.78, 5) is 8.08. The van der Waals surface area contributed by atoms with Gasteiger partial charge in [-0.05, 0) is 70.9 Å². The molecule has 1 aliphatic carbocycles. The molecule has 5 heteroatoms. The van der Waals surface area contributed by atoms with E-state index in [0.717, 1.165) is 5.13 Å². The Balaban J connectivity index is 1.14. The molecule has 6 aromatic carbocycles. The lowest BCUT2D eigenvalue weighted by molar-refractivity contribution is 0.812. The Bertz CT molecular complexity index is 2760. The standard InChI is InChI=1S/C41H25N3S2/c1-2-10-25-22-35-30(21-24(25)9-1)27-11-3-6-14-32(27)43(35)26-17-18-34-31(23-26)28-12-4-7-15-33(28)44(34)41-42-40-38(46-41)20-19-37-39(40)29-13-5-8-16-36(29)45-37/h1-23,37,39H. The molecule has 0 saturated carbocycles. The summed E-state index contributed by atoms with van der Waals surface area (Å²) in [6.45, 7) is 0. The van der Waals surface area contributed by atoms with Crippen LogP contribution in [-0.2, 0) is 0 Å². The summed E-state index contributed by atoms with van der Waals surface area (Å²) in [5.74, 6) is 0.303. The predicted molar refractivity (Wildman–Crippen MR) is 195 cm³/mol. The van der Waals surface area contributed by atoms with Crippen molar-refractivity contribution in [1.29, 1.82) is 0 Å². The van der Waals surface area contributed by atoms with Crippen LogP contribution in [-0.4, -0.2) is 19.4 Å². The molecule has 3 nitrogen and oxygen atoms in total. The molecule has 216 valence electrons. The molecule has 4 heterocycles. The molecule has 9 aromatic rings. The Morgan fingerprint density at radius 3 is 2.09 bits per heavy atom. The molecule has 0 fully saturated rings. The van der Waals surface area contributed by atoms with Gasteiger partial charge in [0.2, 0.25) is 0 Å². The summed E-state index contributed by atoms with van der Waals surface area (Å²) in [7, 11) is 0. The third-order valence-electron chi connectivity index (χ3n) is 9.89. The van der Waals surface area contributed by atoms with E-state index in [-0.39, 0.29) is 0 Å². The van der Waals surface area contributed by atoms with E-state index in [2.05, 4.69) is 149 Å². The number of thiazole rings is 1. The van der Waals surface area contributed by atoms with E-state index in [0.29, 0.717) is 11.2 Å². The van der Waals surface area contributed by atoms with Gasteiger partial charge in [-0.3, -0.25) is 4.57 Å². The largest absolute Gasteiger partial charge is 0.309 e. The van der Waals surface area contributed by atoms with Crippen molar-refractivity contribution in [3.8, 4) is 10.8 Å². The van der Waals surface area contributed by atoms with Gasteiger partial charge in [-0.25, -0.2) is 4.98 Å². The minimum absolute atomic E-state index is 0.303. The number of rotatable bonds is 2. The van der Waals surface area contributed by atoms with Crippen LogP contribution in [0.5, 0.6) is 0 Å². The molecule has 0 bridgehead atoms. The van der Waals surface area contributed by atoms with Crippen molar-refractivity contribution in [3.05, 3.63) is 150 Å². The lowest BCUT2D eigenvalue weighted by Gasteiger charge is -2.19. The fourth-order valence-electron chi connectivity index (χ4n) is 7.88. The molecule has 0 spiro atoms. The number of thioether (sulfide) groups is 1. The van der Waals surface area contributed by atoms with Crippen molar-refractivity contribution >= 4 is 83.6 Å². The maximum absolute atomic E-state index is 5.43. The number of nitrogens with zero attached hydrogens (tertiary/aromatic N) is 3. The van der Waals surface area contributed by atoms with Gasteiger partial charge >= 0.3 is 0 Å². The SMILES string of the molecule is C1=CC2Sc3ccccc3C2c2nc(-n3c4ccccc4c4cc(-n5c6ccccc6c6cc7ccccc7cc65)ccc43)sc21. The van der Waals surface area contributed by atoms with E-state index >= 15 is 0 Å². The number of para-hydroxylation sites is 2. The zero-order valence-electron chi connectivity index (χ0n) is 24.6. The fraction of sp³-hybridized carbons (Fsp3) is 0.0488. The normalized spacial score (nSPS) is 17.0. The molecule has 3 aromatic heterocycles. The average molecular weight is 624 g/mol. The molecule has 2 atom stereocenters. The van der Waals surface area contributed by atoms with Gasteiger partial charge in [0.05, 0.1) is 32.6 Å². The van der Waals surface area contributed by atoms with Crippen LogP contribution in [0.2, 0.25) is 0 Å². The van der Waals surface area contributed by atoms with E-state index < -0.39 is 0 Å². The highest BCUT2D eigenvalue weighted by Crippen LogP contribution is 2.53. The Morgan fingerprint density at radius 1 is 0.565 bits per heavy atom. The topological polar surface area (TPSA) is 22.8 Å². The average Bonchev–Trinajstić information content (AvgIpc) is 3.85. The predicted octanol–water partition coefficient (Wildman–Crippen LogP) is 11.1. The number of benzene rings is 6. The van der Waals surface area contributed by atoms with Gasteiger partial charge in [0, 0.05) is 43.3 Å². The third kappa shape index (κ3) is 3.36. The maximum atomic E-state index is 5.43. The van der Waals surface area contributed by atoms with Gasteiger partial charge in [-0.2, -0.15) is 0 Å². The quantitative estimate of drug-likeness (QED) is 0.191. The number of hydrogen-bond donors (Lipinski definition) is 0. The van der Waals surface area contributed by atoms with Crippen LogP contribution in [0.25, 0.3) is 71.3 Å². The van der Waals surface area contributed by atoms with Gasteiger partial charge in [0.15, 0.2) is 5.13 Å². The number of hydrogen-bond acceptors (Lipinski definition) is 3. The molecule has 11 rings (SSSR count). The molecule has 2 aliphatic rings. The van der Waals surface area contributed by atoms with E-state index in [4.69, 9.17) is 4.98 Å². The van der Waals surface area contributed by atoms with Crippen LogP contribution >= 0.6 is 23.1 Å². The lowest BCUT2D eigenvalue weighted by atomic mass is 9.89. The first-order valence-electron chi connectivity index (χ1n) is 15.7. The molecule has 46 heavy (non-hydrogen) atoms. The molecule has 1 aliphatic heterocycles. The van der Waals surface area contributed by atoms with Gasteiger partial charge in [-0.1, -0.05) is 96.3 Å². The maximum Gasteiger partial charge on any atom is 0.195 e. The van der Waals surface area contributed by atoms with E-state index in [9.17, 15) is 0 Å². The zero-order valence-corrected chi connectivity index (χ0v) is 26.2. The highest BCUT2D eigenvalue weighted by Gasteiger charge is 2.38. The fourth-order valence-corrected chi connectivity index (χ4v) is 10.3. The summed E-state index contributed by atoms with van der Waals surface area (Å²) in [6, 6.07) is 46.7. The van der Waals surface area contributed by atoms with Gasteiger partial charge in [0.25, 0.3) is 0 Å². The Morgan fingerprint density at radius 2 is 1.24 bits per heavy atom. The molecule has 0 saturated heterocycles. The lowest BCUT2D eigenvalue weighted by Crippen LogP contribution is -2.13. The zero-order chi connectivity index (χ0) is 29.9. The van der Waals surface area contributed by atoms with Crippen LogP contribution in [0.1, 0.15) is 22.1 Å². The number of aromatic nitrogens is 3. The summed E-state index contributed by atoms with van der Waals surface area (Å²) in [5.41, 5.74) is 8.61. The van der Waals surface area contributed by atoms with Gasteiger partial charge in [0.1, 0.15) is 0 Å². The second kappa shape index (κ2) is 9.23. The molecule has 0 amide bonds. The highest BCUT2D eigenvalue weighted by molar-refractivity contribution is 8.00. The molecule has 2 unspecified atom stereocenters. The van der Waals surface area contributed by atoms with Gasteiger partial charge in [-0.15, -0.1) is 11.8 Å². The first-order valence-corrected chi connectivity index (χ1v) is 17.4. The first-order chi connectivity index (χ1) is 22.8. The van der Waals surface area contributed by atoms with E-state index in [1.807, 2.05) is 11.8 Å². The molecule has 0 N–H and O–H groups in total. The second-order valence-electron chi connectivity index (χ2n) is 12.3. The minimum atomic E-state index is 0.303. The van der Waals surface area contributed by atoms with Crippen LogP contribution in [0.4, 0.5) is 0 Å². The monoisotopic (exact) mass is 623 g/mol.